The minimum atomic E-state index is -3.59. The van der Waals surface area contributed by atoms with E-state index in [0.29, 0.717) is 11.4 Å². The third-order valence-electron chi connectivity index (χ3n) is 4.03. The van der Waals surface area contributed by atoms with Gasteiger partial charge in [0.1, 0.15) is 6.54 Å². The first-order valence-electron chi connectivity index (χ1n) is 8.21. The standard InChI is InChI=1S/C19H25N3O3S/c1-14-8-6-7-9-18(14)22(26(5,24)25)13-19(23)20-16-10-11-17(21(3)4)15(2)12-16/h6-12H,13H2,1-5H3,(H,20,23). The maximum Gasteiger partial charge on any atom is 0.245 e. The van der Waals surface area contributed by atoms with Crippen molar-refractivity contribution in [3.05, 3.63) is 53.6 Å². The van der Waals surface area contributed by atoms with Crippen LogP contribution in [0.15, 0.2) is 42.5 Å². The minimum absolute atomic E-state index is 0.280. The maximum absolute atomic E-state index is 12.5. The Bertz CT molecular complexity index is 908. The van der Waals surface area contributed by atoms with Gasteiger partial charge in [0.15, 0.2) is 0 Å². The summed E-state index contributed by atoms with van der Waals surface area (Å²) in [6.07, 6.45) is 1.10. The summed E-state index contributed by atoms with van der Waals surface area (Å²) in [5, 5.41) is 2.78. The lowest BCUT2D eigenvalue weighted by Gasteiger charge is -2.23. The molecule has 2 aromatic rings. The molecule has 0 saturated carbocycles. The molecule has 0 aliphatic carbocycles. The van der Waals surface area contributed by atoms with Crippen LogP contribution in [0.1, 0.15) is 11.1 Å². The van der Waals surface area contributed by atoms with E-state index < -0.39 is 15.9 Å². The zero-order valence-electron chi connectivity index (χ0n) is 15.8. The Labute approximate surface area is 155 Å². The van der Waals surface area contributed by atoms with Crippen molar-refractivity contribution in [2.45, 2.75) is 13.8 Å². The fraction of sp³-hybridized carbons (Fsp3) is 0.316. The van der Waals surface area contributed by atoms with Crippen molar-refractivity contribution < 1.29 is 13.2 Å². The lowest BCUT2D eigenvalue weighted by Crippen LogP contribution is -2.37. The summed E-state index contributed by atoms with van der Waals surface area (Å²) in [4.78, 5) is 14.4. The predicted molar refractivity (Wildman–Crippen MR) is 108 cm³/mol. The van der Waals surface area contributed by atoms with E-state index >= 15 is 0 Å². The van der Waals surface area contributed by atoms with E-state index in [9.17, 15) is 13.2 Å². The maximum atomic E-state index is 12.5. The normalized spacial score (nSPS) is 11.1. The fourth-order valence-corrected chi connectivity index (χ4v) is 3.70. The molecule has 0 atom stereocenters. The Morgan fingerprint density at radius 2 is 1.65 bits per heavy atom. The molecule has 0 heterocycles. The number of anilines is 3. The van der Waals surface area contributed by atoms with E-state index in [1.54, 1.807) is 18.2 Å². The quantitative estimate of drug-likeness (QED) is 0.843. The summed E-state index contributed by atoms with van der Waals surface area (Å²) in [6.45, 7) is 3.49. The smallest absolute Gasteiger partial charge is 0.245 e. The molecule has 140 valence electrons. The third kappa shape index (κ3) is 4.76. The predicted octanol–water partition coefficient (Wildman–Crippen LogP) is 2.77. The van der Waals surface area contributed by atoms with E-state index in [0.717, 1.165) is 27.4 Å². The van der Waals surface area contributed by atoms with Gasteiger partial charge in [-0.2, -0.15) is 0 Å². The Hall–Kier alpha value is -2.54. The summed E-state index contributed by atoms with van der Waals surface area (Å²) in [7, 11) is 0.314. The number of hydrogen-bond donors (Lipinski definition) is 1. The van der Waals surface area contributed by atoms with Crippen LogP contribution < -0.4 is 14.5 Å². The number of nitrogens with one attached hydrogen (secondary N) is 1. The van der Waals surface area contributed by atoms with Gasteiger partial charge in [-0.1, -0.05) is 18.2 Å². The topological polar surface area (TPSA) is 69.7 Å². The highest BCUT2D eigenvalue weighted by molar-refractivity contribution is 7.92. The first kappa shape index (κ1) is 19.8. The second-order valence-electron chi connectivity index (χ2n) is 6.50. The van der Waals surface area contributed by atoms with E-state index in [4.69, 9.17) is 0 Å². The molecular formula is C19H25N3O3S. The first-order valence-corrected chi connectivity index (χ1v) is 10.1. The highest BCUT2D eigenvalue weighted by Gasteiger charge is 2.22. The van der Waals surface area contributed by atoms with Crippen molar-refractivity contribution in [1.82, 2.24) is 0 Å². The van der Waals surface area contributed by atoms with Crippen molar-refractivity contribution in [1.29, 1.82) is 0 Å². The van der Waals surface area contributed by atoms with Gasteiger partial charge in [0, 0.05) is 25.5 Å². The van der Waals surface area contributed by atoms with Crippen LogP contribution in [-0.2, 0) is 14.8 Å². The van der Waals surface area contributed by atoms with Gasteiger partial charge < -0.3 is 10.2 Å². The molecule has 7 heteroatoms. The summed E-state index contributed by atoms with van der Waals surface area (Å²) in [5.41, 5.74) is 4.00. The Morgan fingerprint density at radius 1 is 1.00 bits per heavy atom. The van der Waals surface area contributed by atoms with Crippen LogP contribution in [0, 0.1) is 13.8 Å². The molecule has 2 rings (SSSR count). The van der Waals surface area contributed by atoms with Crippen LogP contribution in [-0.4, -0.2) is 41.2 Å². The molecule has 0 spiro atoms. The Balaban J connectivity index is 2.21. The zero-order valence-corrected chi connectivity index (χ0v) is 16.6. The number of aryl methyl sites for hydroxylation is 2. The molecule has 0 unspecified atom stereocenters. The van der Waals surface area contributed by atoms with Crippen LogP contribution in [0.3, 0.4) is 0 Å². The number of benzene rings is 2. The second-order valence-corrected chi connectivity index (χ2v) is 8.41. The van der Waals surface area contributed by atoms with Gasteiger partial charge in [-0.3, -0.25) is 9.10 Å². The molecule has 0 bridgehead atoms. The Kier molecular flexibility index (Phi) is 5.92. The van der Waals surface area contributed by atoms with Gasteiger partial charge in [0.2, 0.25) is 15.9 Å². The number of rotatable bonds is 6. The summed E-state index contributed by atoms with van der Waals surface area (Å²) >= 11 is 0. The average molecular weight is 375 g/mol. The summed E-state index contributed by atoms with van der Waals surface area (Å²) < 4.78 is 25.5. The molecule has 26 heavy (non-hydrogen) atoms. The second kappa shape index (κ2) is 7.78. The van der Waals surface area contributed by atoms with Crippen LogP contribution in [0.4, 0.5) is 17.1 Å². The van der Waals surface area contributed by atoms with Crippen LogP contribution in [0.25, 0.3) is 0 Å². The molecule has 0 aromatic heterocycles. The molecular weight excluding hydrogens is 350 g/mol. The molecule has 2 aromatic carbocycles. The molecule has 0 aliphatic heterocycles. The third-order valence-corrected chi connectivity index (χ3v) is 5.16. The fourth-order valence-electron chi connectivity index (χ4n) is 2.79. The van der Waals surface area contributed by atoms with Crippen molar-refractivity contribution in [2.75, 3.05) is 41.4 Å². The van der Waals surface area contributed by atoms with E-state index in [1.165, 1.54) is 0 Å². The summed E-state index contributed by atoms with van der Waals surface area (Å²) in [5.74, 6) is -0.393. The first-order chi connectivity index (χ1) is 12.1. The Morgan fingerprint density at radius 3 is 2.19 bits per heavy atom. The van der Waals surface area contributed by atoms with E-state index in [-0.39, 0.29) is 6.54 Å². The summed E-state index contributed by atoms with van der Waals surface area (Å²) in [6, 6.07) is 12.7. The number of carbonyl (C=O) groups excluding carboxylic acids is 1. The molecule has 6 nitrogen and oxygen atoms in total. The number of para-hydroxylation sites is 1. The van der Waals surface area contributed by atoms with Crippen molar-refractivity contribution in [3.63, 3.8) is 0 Å². The largest absolute Gasteiger partial charge is 0.377 e. The zero-order chi connectivity index (χ0) is 19.5. The number of sulfonamides is 1. The van der Waals surface area contributed by atoms with Gasteiger partial charge in [0.05, 0.1) is 11.9 Å². The van der Waals surface area contributed by atoms with Crippen LogP contribution in [0.5, 0.6) is 0 Å². The van der Waals surface area contributed by atoms with Gasteiger partial charge in [0.25, 0.3) is 0 Å². The van der Waals surface area contributed by atoms with Gasteiger partial charge in [-0.25, -0.2) is 8.42 Å². The molecule has 0 fully saturated rings. The molecule has 0 radical (unpaired) electrons. The van der Waals surface area contributed by atoms with Crippen LogP contribution in [0.2, 0.25) is 0 Å². The van der Waals surface area contributed by atoms with Gasteiger partial charge in [-0.15, -0.1) is 0 Å². The lowest BCUT2D eigenvalue weighted by molar-refractivity contribution is -0.114. The van der Waals surface area contributed by atoms with Crippen LogP contribution >= 0.6 is 0 Å². The highest BCUT2D eigenvalue weighted by atomic mass is 32.2. The lowest BCUT2D eigenvalue weighted by atomic mass is 10.1. The van der Waals surface area contributed by atoms with E-state index in [1.807, 2.05) is 57.1 Å². The number of hydrogen-bond acceptors (Lipinski definition) is 4. The molecule has 0 saturated heterocycles. The van der Waals surface area contributed by atoms with Crippen molar-refractivity contribution >= 4 is 33.0 Å². The molecule has 0 aliphatic rings. The highest BCUT2D eigenvalue weighted by Crippen LogP contribution is 2.23. The van der Waals surface area contributed by atoms with Gasteiger partial charge in [-0.05, 0) is 49.2 Å². The van der Waals surface area contributed by atoms with E-state index in [2.05, 4.69) is 5.32 Å². The number of amides is 1. The number of nitrogens with zero attached hydrogens (tertiary/aromatic N) is 2. The van der Waals surface area contributed by atoms with Crippen molar-refractivity contribution in [3.8, 4) is 0 Å². The molecule has 1 N–H and O–H groups in total. The number of carbonyl (C=O) groups is 1. The van der Waals surface area contributed by atoms with Crippen molar-refractivity contribution in [2.24, 2.45) is 0 Å². The average Bonchev–Trinajstić information content (AvgIpc) is 2.52. The van der Waals surface area contributed by atoms with Gasteiger partial charge >= 0.3 is 0 Å². The minimum Gasteiger partial charge on any atom is -0.377 e. The molecule has 1 amide bonds. The monoisotopic (exact) mass is 375 g/mol. The SMILES string of the molecule is Cc1cc(NC(=O)CN(c2ccccc2C)S(C)(=O)=O)ccc1N(C)C.